The van der Waals surface area contributed by atoms with Crippen LogP contribution >= 0.6 is 0 Å². The molecule has 1 heterocycles. The van der Waals surface area contributed by atoms with Gasteiger partial charge in [0.05, 0.1) is 0 Å². The number of hydrogen-bond donors (Lipinski definition) is 0. The van der Waals surface area contributed by atoms with E-state index in [1.54, 1.807) is 0 Å². The minimum absolute atomic E-state index is 0.241. The van der Waals surface area contributed by atoms with Gasteiger partial charge in [-0.3, -0.25) is 0 Å². The fourth-order valence-electron chi connectivity index (χ4n) is 6.80. The van der Waals surface area contributed by atoms with Crippen LogP contribution < -0.4 is 4.74 Å². The fraction of sp³-hybridized carbons (Fsp3) is 0.812. The van der Waals surface area contributed by atoms with Crippen molar-refractivity contribution in [2.24, 2.45) is 11.8 Å². The number of rotatable bonds is 15. The Bertz CT molecular complexity index is 746. The topological polar surface area (TPSA) is 9.23 Å². The zero-order chi connectivity index (χ0) is 26.6. The zero-order valence-electron chi connectivity index (χ0n) is 23.9. The molecule has 0 N–H and O–H groups in total. The summed E-state index contributed by atoms with van der Waals surface area (Å²) in [5, 5.41) is 0. The minimum atomic E-state index is -1.19. The van der Waals surface area contributed by atoms with Crippen molar-refractivity contribution in [1.82, 2.24) is 0 Å². The number of unbranched alkanes of at least 4 members (excludes halogenated alkanes) is 5. The van der Waals surface area contributed by atoms with Crippen LogP contribution in [-0.2, 0) is 0 Å². The first kappa shape index (κ1) is 30.6. The van der Waals surface area contributed by atoms with E-state index in [0.29, 0.717) is 6.42 Å². The van der Waals surface area contributed by atoms with Crippen molar-refractivity contribution in [3.63, 3.8) is 0 Å². The molecule has 5 heteroatoms. The largest absolute Gasteiger partial charge is 0.485 e. The third-order valence-corrected chi connectivity index (χ3v) is 13.4. The first-order valence-electron chi connectivity index (χ1n) is 15.6. The van der Waals surface area contributed by atoms with Gasteiger partial charge >= 0.3 is 0 Å². The van der Waals surface area contributed by atoms with Gasteiger partial charge in [0.15, 0.2) is 17.4 Å². The lowest BCUT2D eigenvalue weighted by Crippen LogP contribution is -2.29. The third-order valence-electron chi connectivity index (χ3n) is 9.25. The number of ether oxygens (including phenoxy) is 1. The van der Waals surface area contributed by atoms with Crippen molar-refractivity contribution in [3.8, 4) is 5.75 Å². The van der Waals surface area contributed by atoms with E-state index in [1.807, 2.05) is 0 Å². The van der Waals surface area contributed by atoms with E-state index in [4.69, 9.17) is 4.74 Å². The second-order valence-corrected chi connectivity index (χ2v) is 16.3. The van der Waals surface area contributed by atoms with Crippen LogP contribution in [0.5, 0.6) is 5.75 Å². The van der Waals surface area contributed by atoms with Crippen LogP contribution in [0, 0.1) is 23.5 Å². The molecule has 2 fully saturated rings. The molecule has 0 amide bonds. The molecule has 0 spiro atoms. The predicted molar refractivity (Wildman–Crippen MR) is 153 cm³/mol. The first-order valence-corrected chi connectivity index (χ1v) is 17.9. The zero-order valence-corrected chi connectivity index (χ0v) is 25.0. The van der Waals surface area contributed by atoms with Gasteiger partial charge in [0, 0.05) is 8.80 Å². The molecule has 1 aliphatic heterocycles. The molecule has 212 valence electrons. The van der Waals surface area contributed by atoms with Gasteiger partial charge < -0.3 is 4.74 Å². The lowest BCUT2D eigenvalue weighted by molar-refractivity contribution is 0.173. The average molecular weight is 539 g/mol. The van der Waals surface area contributed by atoms with Crippen LogP contribution in [0.25, 0.3) is 0 Å². The maximum atomic E-state index is 14.8. The van der Waals surface area contributed by atoms with Gasteiger partial charge in [-0.1, -0.05) is 110 Å². The van der Waals surface area contributed by atoms with Crippen LogP contribution in [0.3, 0.4) is 0 Å². The smallest absolute Gasteiger partial charge is 0.190 e. The molecule has 0 aromatic heterocycles. The van der Waals surface area contributed by atoms with E-state index in [0.717, 1.165) is 55.0 Å². The van der Waals surface area contributed by atoms with Crippen LogP contribution in [0.4, 0.5) is 13.2 Å². The fourth-order valence-corrected chi connectivity index (χ4v) is 11.0. The van der Waals surface area contributed by atoms with E-state index < -0.39 is 32.4 Å². The summed E-state index contributed by atoms with van der Waals surface area (Å²) in [6, 6.07) is 5.50. The van der Waals surface area contributed by atoms with Crippen LogP contribution in [0.15, 0.2) is 12.1 Å². The summed E-state index contributed by atoms with van der Waals surface area (Å²) in [6.07, 6.45) is 16.3. The minimum Gasteiger partial charge on any atom is -0.485 e. The molecular weight excluding hydrogens is 485 g/mol. The molecular formula is C32H53F3OSi. The van der Waals surface area contributed by atoms with Crippen molar-refractivity contribution < 1.29 is 17.9 Å². The summed E-state index contributed by atoms with van der Waals surface area (Å²) in [4.78, 5) is 0. The number of hydrogen-bond acceptors (Lipinski definition) is 1. The van der Waals surface area contributed by atoms with E-state index in [9.17, 15) is 13.2 Å². The highest BCUT2D eigenvalue weighted by Crippen LogP contribution is 2.44. The maximum Gasteiger partial charge on any atom is 0.190 e. The highest BCUT2D eigenvalue weighted by atomic mass is 28.3. The molecule has 0 bridgehead atoms. The molecule has 1 aromatic rings. The SMILES string of the molecule is CCCCCCCC[C@@H](F)COc1c(F)cc([C@H]2CC[Si@H]([C@H]3CC[C@H](CCC(C)C)CC3)CC2)cc1F. The Labute approximate surface area is 226 Å². The van der Waals surface area contributed by atoms with Crippen molar-refractivity contribution in [2.45, 2.75) is 147 Å². The summed E-state index contributed by atoms with van der Waals surface area (Å²) in [5.41, 5.74) is 1.74. The molecule has 1 saturated carbocycles. The van der Waals surface area contributed by atoms with Crippen molar-refractivity contribution >= 4 is 8.80 Å². The summed E-state index contributed by atoms with van der Waals surface area (Å²) in [5.74, 6) is 0.228. The predicted octanol–water partition coefficient (Wildman–Crippen LogP) is 10.5. The molecule has 1 aliphatic carbocycles. The van der Waals surface area contributed by atoms with Crippen LogP contribution in [0.1, 0.15) is 129 Å². The van der Waals surface area contributed by atoms with Gasteiger partial charge in [0.2, 0.25) is 0 Å². The van der Waals surface area contributed by atoms with Gasteiger partial charge in [-0.15, -0.1) is 0 Å². The average Bonchev–Trinajstić information content (AvgIpc) is 2.89. The number of halogens is 3. The molecule has 0 unspecified atom stereocenters. The quantitative estimate of drug-likeness (QED) is 0.159. The van der Waals surface area contributed by atoms with E-state index in [1.165, 1.54) is 82.0 Å². The second kappa shape index (κ2) is 16.2. The van der Waals surface area contributed by atoms with Gasteiger partial charge in [0.25, 0.3) is 0 Å². The Kier molecular flexibility index (Phi) is 13.4. The summed E-state index contributed by atoms with van der Waals surface area (Å²) in [6.45, 7) is 6.55. The Morgan fingerprint density at radius 1 is 0.865 bits per heavy atom. The Balaban J connectivity index is 1.40. The van der Waals surface area contributed by atoms with Crippen LogP contribution in [-0.4, -0.2) is 21.6 Å². The Hall–Kier alpha value is -0.973. The lowest BCUT2D eigenvalue weighted by Gasteiger charge is -2.37. The normalized spacial score (nSPS) is 25.4. The van der Waals surface area contributed by atoms with E-state index in [-0.39, 0.29) is 12.5 Å². The number of alkyl halides is 1. The van der Waals surface area contributed by atoms with Gasteiger partial charge in [-0.05, 0) is 60.3 Å². The molecule has 0 radical (unpaired) electrons. The molecule has 3 rings (SSSR count). The molecule has 2 aliphatic rings. The molecule has 1 nitrogen and oxygen atoms in total. The van der Waals surface area contributed by atoms with Gasteiger partial charge in [0.1, 0.15) is 12.8 Å². The molecule has 37 heavy (non-hydrogen) atoms. The maximum absolute atomic E-state index is 14.8. The highest BCUT2D eigenvalue weighted by molar-refractivity contribution is 6.60. The van der Waals surface area contributed by atoms with E-state index in [2.05, 4.69) is 20.8 Å². The summed E-state index contributed by atoms with van der Waals surface area (Å²) >= 11 is 0. The van der Waals surface area contributed by atoms with Crippen molar-refractivity contribution in [2.75, 3.05) is 6.61 Å². The standard InChI is InChI=1S/C32H53F3OSi/c1-4-5-6-7-8-9-10-28(33)23-36-32-30(34)21-27(22-31(32)35)26-17-19-37(20-18-26)29-15-13-25(14-16-29)12-11-24(2)3/h21-22,24-26,28-29,37H,4-20,23H2,1-3H3/t25-,26-,28-,29-,37-/m1/s1. The van der Waals surface area contributed by atoms with Crippen LogP contribution in [0.2, 0.25) is 17.6 Å². The van der Waals surface area contributed by atoms with Crippen molar-refractivity contribution in [1.29, 1.82) is 0 Å². The monoisotopic (exact) mass is 538 g/mol. The van der Waals surface area contributed by atoms with Gasteiger partial charge in [-0.25, -0.2) is 13.2 Å². The highest BCUT2D eigenvalue weighted by Gasteiger charge is 2.32. The van der Waals surface area contributed by atoms with Crippen molar-refractivity contribution in [3.05, 3.63) is 29.3 Å². The summed E-state index contributed by atoms with van der Waals surface area (Å²) in [7, 11) is -0.766. The molecule has 1 saturated heterocycles. The lowest BCUT2D eigenvalue weighted by atomic mass is 9.84. The second-order valence-electron chi connectivity index (χ2n) is 12.6. The molecule has 1 aromatic carbocycles. The van der Waals surface area contributed by atoms with E-state index >= 15 is 0 Å². The summed E-state index contributed by atoms with van der Waals surface area (Å²) < 4.78 is 49.1. The first-order chi connectivity index (χ1) is 17.9. The third kappa shape index (κ3) is 10.3. The Morgan fingerprint density at radius 2 is 1.49 bits per heavy atom. The van der Waals surface area contributed by atoms with Gasteiger partial charge in [-0.2, -0.15) is 0 Å². The number of benzene rings is 1. The molecule has 1 atom stereocenters. The Morgan fingerprint density at radius 3 is 2.11 bits per heavy atom.